The number of aliphatic hydroxyl groups excluding tert-OH is 1. The third-order valence-corrected chi connectivity index (χ3v) is 4.92. The lowest BCUT2D eigenvalue weighted by Gasteiger charge is -2.35. The largest absolute Gasteiger partial charge is 0.388 e. The Morgan fingerprint density at radius 3 is 2.58 bits per heavy atom. The van der Waals surface area contributed by atoms with E-state index in [0.717, 1.165) is 34.8 Å². The van der Waals surface area contributed by atoms with Gasteiger partial charge in [0, 0.05) is 17.6 Å². The number of halogens is 1. The Morgan fingerprint density at radius 2 is 1.95 bits per heavy atom. The third kappa shape index (κ3) is 4.30. The maximum absolute atomic E-state index is 10.2. The highest BCUT2D eigenvalue weighted by molar-refractivity contribution is 9.10. The monoisotopic (exact) mass is 325 g/mol. The molecule has 1 aliphatic rings. The van der Waals surface area contributed by atoms with Crippen LogP contribution in [0.5, 0.6) is 0 Å². The molecule has 106 valence electrons. The highest BCUT2D eigenvalue weighted by Crippen LogP contribution is 2.24. The van der Waals surface area contributed by atoms with Crippen LogP contribution < -0.4 is 0 Å². The first-order valence-corrected chi connectivity index (χ1v) is 8.01. The van der Waals surface area contributed by atoms with Gasteiger partial charge in [0.1, 0.15) is 0 Å². The van der Waals surface area contributed by atoms with Gasteiger partial charge in [0.2, 0.25) is 0 Å². The van der Waals surface area contributed by atoms with Crippen molar-refractivity contribution in [3.05, 3.63) is 34.3 Å². The third-order valence-electron chi connectivity index (χ3n) is 4.39. The van der Waals surface area contributed by atoms with Crippen LogP contribution in [-0.2, 0) is 0 Å². The van der Waals surface area contributed by atoms with E-state index in [0.29, 0.717) is 0 Å². The molecule has 0 radical (unpaired) electrons. The molecular weight excluding hydrogens is 302 g/mol. The molecule has 0 aliphatic carbocycles. The minimum absolute atomic E-state index is 0.345. The van der Waals surface area contributed by atoms with Crippen molar-refractivity contribution in [2.24, 2.45) is 11.8 Å². The van der Waals surface area contributed by atoms with Crippen LogP contribution in [-0.4, -0.2) is 29.6 Å². The number of piperidine rings is 1. The number of aliphatic hydroxyl groups is 1. The molecule has 1 saturated heterocycles. The Labute approximate surface area is 124 Å². The molecule has 1 N–H and O–H groups in total. The summed E-state index contributed by atoms with van der Waals surface area (Å²) >= 11 is 3.42. The van der Waals surface area contributed by atoms with E-state index >= 15 is 0 Å². The van der Waals surface area contributed by atoms with Gasteiger partial charge in [0.05, 0.1) is 6.10 Å². The summed E-state index contributed by atoms with van der Waals surface area (Å²) < 4.78 is 1.06. The number of benzene rings is 1. The molecule has 1 aliphatic heterocycles. The number of hydrogen-bond acceptors (Lipinski definition) is 2. The summed E-state index contributed by atoms with van der Waals surface area (Å²) in [5, 5.41) is 10.2. The minimum atomic E-state index is -0.345. The Hall–Kier alpha value is -0.380. The molecule has 3 heteroatoms. The smallest absolute Gasteiger partial charge is 0.0802 e. The fraction of sp³-hybridized carbons (Fsp3) is 0.625. The normalized spacial score (nSPS) is 26.3. The summed E-state index contributed by atoms with van der Waals surface area (Å²) in [6.07, 6.45) is 1.76. The molecule has 1 aromatic rings. The summed E-state index contributed by atoms with van der Waals surface area (Å²) in [4.78, 5) is 2.49. The molecule has 1 fully saturated rings. The van der Waals surface area contributed by atoms with Crippen LogP contribution in [0.4, 0.5) is 0 Å². The molecule has 2 rings (SSSR count). The first-order valence-electron chi connectivity index (χ1n) is 7.22. The summed E-state index contributed by atoms with van der Waals surface area (Å²) in [5.74, 6) is 1.62. The first-order chi connectivity index (χ1) is 9.06. The Morgan fingerprint density at radius 1 is 1.26 bits per heavy atom. The van der Waals surface area contributed by atoms with Gasteiger partial charge in [-0.3, -0.25) is 0 Å². The molecule has 0 bridgehead atoms. The number of hydrogen-bond donors (Lipinski definition) is 1. The Balaban J connectivity index is 1.80. The zero-order valence-electron chi connectivity index (χ0n) is 11.8. The van der Waals surface area contributed by atoms with Gasteiger partial charge in [-0.2, -0.15) is 0 Å². The summed E-state index contributed by atoms with van der Waals surface area (Å²) in [5.41, 5.74) is 1.02. The predicted octanol–water partition coefficient (Wildman–Crippen LogP) is 3.85. The van der Waals surface area contributed by atoms with E-state index in [9.17, 15) is 5.11 Å². The van der Waals surface area contributed by atoms with Crippen molar-refractivity contribution in [1.29, 1.82) is 0 Å². The van der Waals surface area contributed by atoms with Crippen LogP contribution in [0.1, 0.15) is 38.4 Å². The quantitative estimate of drug-likeness (QED) is 0.908. The lowest BCUT2D eigenvalue weighted by Crippen LogP contribution is -2.39. The van der Waals surface area contributed by atoms with E-state index in [1.165, 1.54) is 19.5 Å². The van der Waals surface area contributed by atoms with Gasteiger partial charge < -0.3 is 10.0 Å². The van der Waals surface area contributed by atoms with Crippen LogP contribution in [0, 0.1) is 11.8 Å². The summed E-state index contributed by atoms with van der Waals surface area (Å²) in [6.45, 7) is 8.03. The molecule has 0 saturated carbocycles. The van der Waals surface area contributed by atoms with Crippen LogP contribution in [0.2, 0.25) is 0 Å². The average molecular weight is 326 g/mol. The van der Waals surface area contributed by atoms with Crippen molar-refractivity contribution in [3.8, 4) is 0 Å². The predicted molar refractivity (Wildman–Crippen MR) is 83.1 cm³/mol. The van der Waals surface area contributed by atoms with Crippen molar-refractivity contribution in [2.45, 2.75) is 32.8 Å². The second-order valence-electron chi connectivity index (χ2n) is 5.90. The lowest BCUT2D eigenvalue weighted by molar-refractivity contribution is 0.103. The van der Waals surface area contributed by atoms with Gasteiger partial charge in [0.25, 0.3) is 0 Å². The van der Waals surface area contributed by atoms with Crippen molar-refractivity contribution in [2.75, 3.05) is 19.6 Å². The van der Waals surface area contributed by atoms with Gasteiger partial charge in [-0.25, -0.2) is 0 Å². The first kappa shape index (κ1) is 15.0. The fourth-order valence-electron chi connectivity index (χ4n) is 2.71. The molecule has 19 heavy (non-hydrogen) atoms. The highest BCUT2D eigenvalue weighted by Gasteiger charge is 2.22. The van der Waals surface area contributed by atoms with Crippen LogP contribution in [0.3, 0.4) is 0 Å². The van der Waals surface area contributed by atoms with E-state index in [1.807, 2.05) is 24.3 Å². The van der Waals surface area contributed by atoms with Crippen LogP contribution >= 0.6 is 15.9 Å². The molecule has 0 aromatic heterocycles. The minimum Gasteiger partial charge on any atom is -0.388 e. The zero-order valence-corrected chi connectivity index (χ0v) is 13.4. The molecule has 3 atom stereocenters. The summed E-state index contributed by atoms with van der Waals surface area (Å²) in [6, 6.07) is 7.97. The molecule has 1 aromatic carbocycles. The number of likely N-dealkylation sites (tertiary alicyclic amines) is 1. The van der Waals surface area contributed by atoms with Gasteiger partial charge >= 0.3 is 0 Å². The maximum atomic E-state index is 10.2. The van der Waals surface area contributed by atoms with E-state index in [-0.39, 0.29) is 6.10 Å². The van der Waals surface area contributed by atoms with Gasteiger partial charge in [0.15, 0.2) is 0 Å². The van der Waals surface area contributed by atoms with E-state index in [2.05, 4.69) is 34.7 Å². The molecule has 0 spiro atoms. The van der Waals surface area contributed by atoms with E-state index in [4.69, 9.17) is 0 Å². The van der Waals surface area contributed by atoms with E-state index in [1.54, 1.807) is 0 Å². The van der Waals surface area contributed by atoms with Gasteiger partial charge in [-0.1, -0.05) is 41.9 Å². The standard InChI is InChI=1S/C16H24BrNO/c1-12-7-9-18(11-13(12)2)10-8-16(19)14-3-5-15(17)6-4-14/h3-6,12-13,16,19H,7-11H2,1-2H3. The Kier molecular flexibility index (Phi) is 5.43. The topological polar surface area (TPSA) is 23.5 Å². The molecule has 2 nitrogen and oxygen atoms in total. The average Bonchev–Trinajstić information content (AvgIpc) is 2.40. The van der Waals surface area contributed by atoms with Crippen molar-refractivity contribution in [3.63, 3.8) is 0 Å². The van der Waals surface area contributed by atoms with Crippen molar-refractivity contribution < 1.29 is 5.11 Å². The van der Waals surface area contributed by atoms with Crippen molar-refractivity contribution in [1.82, 2.24) is 4.90 Å². The lowest BCUT2D eigenvalue weighted by atomic mass is 9.88. The zero-order chi connectivity index (χ0) is 13.8. The molecule has 3 unspecified atom stereocenters. The second kappa shape index (κ2) is 6.87. The molecular formula is C16H24BrNO. The van der Waals surface area contributed by atoms with Crippen LogP contribution in [0.25, 0.3) is 0 Å². The molecule has 0 amide bonds. The van der Waals surface area contributed by atoms with Crippen molar-refractivity contribution >= 4 is 15.9 Å². The van der Waals surface area contributed by atoms with E-state index < -0.39 is 0 Å². The highest BCUT2D eigenvalue weighted by atomic mass is 79.9. The fourth-order valence-corrected chi connectivity index (χ4v) is 2.97. The maximum Gasteiger partial charge on any atom is 0.0802 e. The molecule has 1 heterocycles. The van der Waals surface area contributed by atoms with Gasteiger partial charge in [-0.15, -0.1) is 0 Å². The number of rotatable bonds is 4. The van der Waals surface area contributed by atoms with Gasteiger partial charge in [-0.05, 0) is 48.9 Å². The summed E-state index contributed by atoms with van der Waals surface area (Å²) in [7, 11) is 0. The SMILES string of the molecule is CC1CCN(CCC(O)c2ccc(Br)cc2)CC1C. The second-order valence-corrected chi connectivity index (χ2v) is 6.82. The van der Waals surface area contributed by atoms with Crippen LogP contribution in [0.15, 0.2) is 28.7 Å². The number of nitrogens with zero attached hydrogens (tertiary/aromatic N) is 1. The Bertz CT molecular complexity index is 392.